The highest BCUT2D eigenvalue weighted by Gasteiger charge is 2.39. The van der Waals surface area contributed by atoms with Crippen LogP contribution in [0.25, 0.3) is 0 Å². The van der Waals surface area contributed by atoms with E-state index >= 15 is 0 Å². The normalized spacial score (nSPS) is 15.0. The molecule has 0 radical (unpaired) electrons. The Morgan fingerprint density at radius 2 is 1.95 bits per heavy atom. The number of nitrogens with zero attached hydrogens (tertiary/aromatic N) is 1. The average molecular weight is 351 g/mol. The Labute approximate surface area is 135 Å². The number of nitrogens with one attached hydrogen (secondary N) is 1. The second-order valence-electron chi connectivity index (χ2n) is 7.31. The van der Waals surface area contributed by atoms with E-state index in [1.54, 1.807) is 6.20 Å². The Morgan fingerprint density at radius 1 is 1.38 bits per heavy atom. The van der Waals surface area contributed by atoms with E-state index in [1.807, 2.05) is 0 Å². The third-order valence-corrected chi connectivity index (χ3v) is 10.2. The topological polar surface area (TPSA) is 71.5 Å². The van der Waals surface area contributed by atoms with Crippen LogP contribution in [0.2, 0.25) is 18.1 Å². The predicted molar refractivity (Wildman–Crippen MR) is 92.7 cm³/mol. The zero-order chi connectivity index (χ0) is 16.5. The van der Waals surface area contributed by atoms with E-state index in [-0.39, 0.29) is 10.5 Å². The Morgan fingerprint density at radius 3 is 2.43 bits per heavy atom. The first-order chi connectivity index (χ1) is 9.35. The summed E-state index contributed by atoms with van der Waals surface area (Å²) >= 11 is -0.700. The number of aromatic nitrogens is 1. The lowest BCUT2D eigenvalue weighted by Crippen LogP contribution is -2.43. The largest absolute Gasteiger partial charge is 0.416 e. The van der Waals surface area contributed by atoms with Crippen LogP contribution < -0.4 is 4.72 Å². The summed E-state index contributed by atoms with van der Waals surface area (Å²) in [5.41, 5.74) is -0.177. The first-order valence-electron chi connectivity index (χ1n) is 6.83. The van der Waals surface area contributed by atoms with E-state index < -0.39 is 19.6 Å². The van der Waals surface area contributed by atoms with E-state index in [4.69, 9.17) is 8.98 Å². The fourth-order valence-electron chi connectivity index (χ4n) is 1.36. The molecule has 1 aromatic rings. The van der Waals surface area contributed by atoms with Gasteiger partial charge in [-0.25, -0.2) is 9.19 Å². The van der Waals surface area contributed by atoms with Gasteiger partial charge in [0, 0.05) is 23.1 Å². The summed E-state index contributed by atoms with van der Waals surface area (Å²) in [6, 6.07) is 0. The molecule has 0 amide bonds. The van der Waals surface area contributed by atoms with Crippen molar-refractivity contribution in [1.29, 1.82) is 0 Å². The number of hydrogen-bond donors (Lipinski definition) is 2. The zero-order valence-corrected chi connectivity index (χ0v) is 16.4. The molecule has 0 aliphatic heterocycles. The van der Waals surface area contributed by atoms with Crippen LogP contribution in [0.5, 0.6) is 0 Å². The van der Waals surface area contributed by atoms with Crippen LogP contribution in [0, 0.1) is 0 Å². The maximum Gasteiger partial charge on any atom is 0.260 e. The van der Waals surface area contributed by atoms with Gasteiger partial charge < -0.3 is 4.43 Å². The summed E-state index contributed by atoms with van der Waals surface area (Å²) in [7, 11) is -1.79. The van der Waals surface area contributed by atoms with Gasteiger partial charge in [-0.05, 0) is 18.1 Å². The number of rotatable bonds is 6. The third kappa shape index (κ3) is 5.13. The molecule has 0 saturated carbocycles. The molecule has 0 aliphatic rings. The van der Waals surface area contributed by atoms with E-state index in [2.05, 4.69) is 57.4 Å². The van der Waals surface area contributed by atoms with Crippen LogP contribution in [0.3, 0.4) is 0 Å². The standard InChI is InChI=1S/C13H26N2O3S2Si/c1-12(2,3)21(6,7)18-9-13(4,5)10-8-14-11(19-10)15-20(16)17/h8H,9H2,1-7H3,(H,14,15)(H,16,17). The maximum atomic E-state index is 10.7. The summed E-state index contributed by atoms with van der Waals surface area (Å²) in [6.07, 6.45) is 1.74. The van der Waals surface area contributed by atoms with E-state index in [9.17, 15) is 4.21 Å². The second kappa shape index (κ2) is 6.45. The molecule has 0 fully saturated rings. The van der Waals surface area contributed by atoms with Crippen molar-refractivity contribution in [3.05, 3.63) is 11.1 Å². The molecule has 1 rings (SSSR count). The highest BCUT2D eigenvalue weighted by molar-refractivity contribution is 7.80. The van der Waals surface area contributed by atoms with Crippen molar-refractivity contribution >= 4 is 36.1 Å². The van der Waals surface area contributed by atoms with Crippen molar-refractivity contribution < 1.29 is 13.2 Å². The van der Waals surface area contributed by atoms with Gasteiger partial charge in [0.15, 0.2) is 13.4 Å². The van der Waals surface area contributed by atoms with Gasteiger partial charge in [0.05, 0.1) is 0 Å². The molecule has 0 bridgehead atoms. The predicted octanol–water partition coefficient (Wildman–Crippen LogP) is 3.99. The molecule has 1 unspecified atom stereocenters. The van der Waals surface area contributed by atoms with Crippen molar-refractivity contribution in [1.82, 2.24) is 4.98 Å². The fourth-order valence-corrected chi connectivity index (χ4v) is 3.85. The van der Waals surface area contributed by atoms with Crippen LogP contribution in [-0.4, -0.2) is 28.7 Å². The van der Waals surface area contributed by atoms with Crippen LogP contribution >= 0.6 is 11.3 Å². The molecule has 0 aromatic carbocycles. The van der Waals surface area contributed by atoms with E-state index in [0.29, 0.717) is 11.7 Å². The molecule has 122 valence electrons. The Bertz CT molecular complexity index is 510. The molecule has 0 aliphatic carbocycles. The minimum absolute atomic E-state index is 0.177. The van der Waals surface area contributed by atoms with Gasteiger partial charge in [-0.3, -0.25) is 9.27 Å². The summed E-state index contributed by atoms with van der Waals surface area (Å²) in [4.78, 5) is 5.16. The molecule has 1 atom stereocenters. The molecular formula is C13H26N2O3S2Si. The Balaban J connectivity index is 2.77. The van der Waals surface area contributed by atoms with Gasteiger partial charge in [0.25, 0.3) is 11.3 Å². The molecule has 5 nitrogen and oxygen atoms in total. The minimum atomic E-state index is -2.09. The van der Waals surface area contributed by atoms with Gasteiger partial charge >= 0.3 is 0 Å². The monoisotopic (exact) mass is 350 g/mol. The number of hydrogen-bond acceptors (Lipinski definition) is 4. The smallest absolute Gasteiger partial charge is 0.260 e. The Kier molecular flexibility index (Phi) is 5.77. The maximum absolute atomic E-state index is 10.7. The Hall–Kier alpha value is -0.283. The van der Waals surface area contributed by atoms with Gasteiger partial charge in [-0.15, -0.1) is 11.3 Å². The molecule has 21 heavy (non-hydrogen) atoms. The van der Waals surface area contributed by atoms with Crippen LogP contribution in [0.1, 0.15) is 39.5 Å². The van der Waals surface area contributed by atoms with Gasteiger partial charge in [0.2, 0.25) is 0 Å². The van der Waals surface area contributed by atoms with Crippen molar-refractivity contribution in [2.75, 3.05) is 11.3 Å². The summed E-state index contributed by atoms with van der Waals surface area (Å²) in [5, 5.41) is 0.628. The lowest BCUT2D eigenvalue weighted by atomic mass is 9.94. The van der Waals surface area contributed by atoms with Crippen molar-refractivity contribution in [2.24, 2.45) is 0 Å². The quantitative estimate of drug-likeness (QED) is 0.601. The molecule has 0 saturated heterocycles. The number of anilines is 1. The van der Waals surface area contributed by atoms with Gasteiger partial charge in [0.1, 0.15) is 0 Å². The summed E-state index contributed by atoms with van der Waals surface area (Å²) in [6.45, 7) is 16.0. The van der Waals surface area contributed by atoms with Crippen molar-refractivity contribution in [3.63, 3.8) is 0 Å². The van der Waals surface area contributed by atoms with Crippen molar-refractivity contribution in [2.45, 2.75) is 58.2 Å². The lowest BCUT2D eigenvalue weighted by Gasteiger charge is -2.38. The van der Waals surface area contributed by atoms with Crippen LogP contribution in [0.15, 0.2) is 6.20 Å². The second-order valence-corrected chi connectivity index (χ2v) is 13.9. The fraction of sp³-hybridized carbons (Fsp3) is 0.769. The lowest BCUT2D eigenvalue weighted by molar-refractivity contribution is 0.222. The molecule has 1 heterocycles. The van der Waals surface area contributed by atoms with E-state index in [1.165, 1.54) is 11.3 Å². The molecule has 1 aromatic heterocycles. The van der Waals surface area contributed by atoms with Crippen molar-refractivity contribution in [3.8, 4) is 0 Å². The van der Waals surface area contributed by atoms with Crippen LogP contribution in [-0.2, 0) is 21.1 Å². The minimum Gasteiger partial charge on any atom is -0.416 e. The van der Waals surface area contributed by atoms with E-state index in [0.717, 1.165) is 4.88 Å². The summed E-state index contributed by atoms with van der Waals surface area (Å²) in [5.74, 6) is 0. The molecule has 8 heteroatoms. The summed E-state index contributed by atoms with van der Waals surface area (Å²) < 4.78 is 28.3. The first kappa shape index (κ1) is 18.8. The van der Waals surface area contributed by atoms with Gasteiger partial charge in [-0.2, -0.15) is 0 Å². The zero-order valence-electron chi connectivity index (χ0n) is 13.8. The van der Waals surface area contributed by atoms with Crippen LogP contribution in [0.4, 0.5) is 5.13 Å². The number of thiazole rings is 1. The molecule has 0 spiro atoms. The molecule has 2 N–H and O–H groups in total. The molecular weight excluding hydrogens is 324 g/mol. The SMILES string of the molecule is CC(C)(CO[Si](C)(C)C(C)(C)C)c1cnc(NS(=O)O)s1. The van der Waals surface area contributed by atoms with Gasteiger partial charge in [-0.1, -0.05) is 34.6 Å². The highest BCUT2D eigenvalue weighted by Crippen LogP contribution is 2.39. The third-order valence-electron chi connectivity index (χ3n) is 3.95. The highest BCUT2D eigenvalue weighted by atomic mass is 32.2. The first-order valence-corrected chi connectivity index (χ1v) is 11.7. The average Bonchev–Trinajstić information content (AvgIpc) is 2.73.